The molecular weight excluding hydrogens is 324 g/mol. The third-order valence-corrected chi connectivity index (χ3v) is 3.75. The SMILES string of the molecule is COC(CNC(=O)NCc1cc(Br)cs1)C(=O)O. The first-order valence-corrected chi connectivity index (χ1v) is 6.70. The minimum Gasteiger partial charge on any atom is -0.479 e. The van der Waals surface area contributed by atoms with Gasteiger partial charge in [-0.25, -0.2) is 9.59 Å². The van der Waals surface area contributed by atoms with Gasteiger partial charge in [0.25, 0.3) is 0 Å². The summed E-state index contributed by atoms with van der Waals surface area (Å²) in [7, 11) is 1.28. The van der Waals surface area contributed by atoms with Gasteiger partial charge < -0.3 is 20.5 Å². The number of halogens is 1. The van der Waals surface area contributed by atoms with Crippen molar-refractivity contribution >= 4 is 39.3 Å². The van der Waals surface area contributed by atoms with Crippen molar-refractivity contribution in [3.05, 3.63) is 20.8 Å². The summed E-state index contributed by atoms with van der Waals surface area (Å²) in [6.07, 6.45) is -1.04. The van der Waals surface area contributed by atoms with E-state index in [2.05, 4.69) is 31.3 Å². The van der Waals surface area contributed by atoms with Crippen LogP contribution in [0.1, 0.15) is 4.88 Å². The van der Waals surface area contributed by atoms with Crippen LogP contribution in [0.2, 0.25) is 0 Å². The van der Waals surface area contributed by atoms with E-state index in [-0.39, 0.29) is 6.54 Å². The van der Waals surface area contributed by atoms with Crippen molar-refractivity contribution in [2.24, 2.45) is 0 Å². The van der Waals surface area contributed by atoms with Gasteiger partial charge in [-0.15, -0.1) is 11.3 Å². The molecule has 2 amide bonds. The molecule has 0 saturated heterocycles. The zero-order valence-electron chi connectivity index (χ0n) is 9.60. The maximum absolute atomic E-state index is 11.4. The molecule has 8 heteroatoms. The molecule has 0 saturated carbocycles. The lowest BCUT2D eigenvalue weighted by Gasteiger charge is -2.11. The number of thiophene rings is 1. The number of hydrogen-bond acceptors (Lipinski definition) is 4. The molecule has 1 aromatic rings. The Labute approximate surface area is 116 Å². The number of nitrogens with one attached hydrogen (secondary N) is 2. The zero-order chi connectivity index (χ0) is 13.5. The summed E-state index contributed by atoms with van der Waals surface area (Å²) in [5.41, 5.74) is 0. The number of carbonyl (C=O) groups excluding carboxylic acids is 1. The van der Waals surface area contributed by atoms with Crippen LogP contribution in [0.3, 0.4) is 0 Å². The van der Waals surface area contributed by atoms with E-state index in [1.807, 2.05) is 11.4 Å². The van der Waals surface area contributed by atoms with Gasteiger partial charge in [0.05, 0.1) is 13.1 Å². The van der Waals surface area contributed by atoms with Crippen molar-refractivity contribution in [1.82, 2.24) is 10.6 Å². The average molecular weight is 337 g/mol. The van der Waals surface area contributed by atoms with Gasteiger partial charge in [0.2, 0.25) is 0 Å². The lowest BCUT2D eigenvalue weighted by atomic mass is 10.3. The molecule has 1 atom stereocenters. The van der Waals surface area contributed by atoms with E-state index in [0.717, 1.165) is 9.35 Å². The topological polar surface area (TPSA) is 87.7 Å². The first-order chi connectivity index (χ1) is 8.52. The molecule has 1 aromatic heterocycles. The van der Waals surface area contributed by atoms with Crippen molar-refractivity contribution in [2.75, 3.05) is 13.7 Å². The van der Waals surface area contributed by atoms with Crippen LogP contribution >= 0.6 is 27.3 Å². The van der Waals surface area contributed by atoms with Crippen LogP contribution in [0.25, 0.3) is 0 Å². The number of urea groups is 1. The molecule has 1 heterocycles. The maximum atomic E-state index is 11.4. The second-order valence-corrected chi connectivity index (χ2v) is 5.27. The Morgan fingerprint density at radius 3 is 2.78 bits per heavy atom. The lowest BCUT2D eigenvalue weighted by molar-refractivity contribution is -0.147. The molecule has 0 aliphatic carbocycles. The van der Waals surface area contributed by atoms with Gasteiger partial charge in [0.1, 0.15) is 0 Å². The monoisotopic (exact) mass is 336 g/mol. The number of carboxylic acid groups (broad SMARTS) is 1. The van der Waals surface area contributed by atoms with Crippen molar-refractivity contribution in [1.29, 1.82) is 0 Å². The van der Waals surface area contributed by atoms with Crippen LogP contribution < -0.4 is 10.6 Å². The second kappa shape index (κ2) is 7.34. The van der Waals surface area contributed by atoms with Gasteiger partial charge in [-0.05, 0) is 22.0 Å². The van der Waals surface area contributed by atoms with Crippen LogP contribution in [0.15, 0.2) is 15.9 Å². The Morgan fingerprint density at radius 2 is 2.28 bits per heavy atom. The zero-order valence-corrected chi connectivity index (χ0v) is 12.0. The summed E-state index contributed by atoms with van der Waals surface area (Å²) in [5, 5.41) is 15.7. The van der Waals surface area contributed by atoms with Gasteiger partial charge in [0.15, 0.2) is 6.10 Å². The molecule has 0 aromatic carbocycles. The fraction of sp³-hybridized carbons (Fsp3) is 0.400. The highest BCUT2D eigenvalue weighted by Crippen LogP contribution is 2.19. The molecule has 0 fully saturated rings. The summed E-state index contributed by atoms with van der Waals surface area (Å²) < 4.78 is 5.65. The largest absolute Gasteiger partial charge is 0.479 e. The minimum absolute atomic E-state index is 0.0776. The van der Waals surface area contributed by atoms with Gasteiger partial charge >= 0.3 is 12.0 Å². The van der Waals surface area contributed by atoms with Gasteiger partial charge in [0, 0.05) is 21.8 Å². The van der Waals surface area contributed by atoms with E-state index < -0.39 is 18.1 Å². The molecular formula is C10H13BrN2O4S. The van der Waals surface area contributed by atoms with Crippen molar-refractivity contribution in [2.45, 2.75) is 12.6 Å². The Morgan fingerprint density at radius 1 is 1.56 bits per heavy atom. The molecule has 6 nitrogen and oxygen atoms in total. The first kappa shape index (κ1) is 14.9. The first-order valence-electron chi connectivity index (χ1n) is 5.03. The van der Waals surface area contributed by atoms with Crippen LogP contribution in [-0.4, -0.2) is 36.9 Å². The summed E-state index contributed by atoms with van der Waals surface area (Å²) >= 11 is 4.83. The predicted molar refractivity (Wildman–Crippen MR) is 70.7 cm³/mol. The molecule has 0 spiro atoms. The highest BCUT2D eigenvalue weighted by Gasteiger charge is 2.16. The third kappa shape index (κ3) is 5.03. The Balaban J connectivity index is 2.27. The van der Waals surface area contributed by atoms with Crippen LogP contribution in [0.5, 0.6) is 0 Å². The van der Waals surface area contributed by atoms with Crippen molar-refractivity contribution < 1.29 is 19.4 Å². The van der Waals surface area contributed by atoms with Gasteiger partial charge in [-0.2, -0.15) is 0 Å². The molecule has 0 radical (unpaired) electrons. The van der Waals surface area contributed by atoms with Gasteiger partial charge in [-0.1, -0.05) is 0 Å². The highest BCUT2D eigenvalue weighted by atomic mass is 79.9. The molecule has 0 aliphatic rings. The molecule has 0 aliphatic heterocycles. The number of rotatable bonds is 6. The molecule has 18 heavy (non-hydrogen) atoms. The number of amides is 2. The third-order valence-electron chi connectivity index (χ3n) is 2.05. The fourth-order valence-corrected chi connectivity index (χ4v) is 2.52. The minimum atomic E-state index is -1.11. The number of hydrogen-bond donors (Lipinski definition) is 3. The Kier molecular flexibility index (Phi) is 6.10. The summed E-state index contributed by atoms with van der Waals surface area (Å²) in [5.74, 6) is -1.11. The van der Waals surface area contributed by atoms with Crippen molar-refractivity contribution in [3.63, 3.8) is 0 Å². The standard InChI is InChI=1S/C10H13BrN2O4S/c1-17-8(9(14)15)4-13-10(16)12-3-7-2-6(11)5-18-7/h2,5,8H,3-4H2,1H3,(H,14,15)(H2,12,13,16). The van der Waals surface area contributed by atoms with Gasteiger partial charge in [-0.3, -0.25) is 0 Å². The number of aliphatic carboxylic acids is 1. The molecule has 3 N–H and O–H groups in total. The quantitative estimate of drug-likeness (QED) is 0.732. The molecule has 1 rings (SSSR count). The Bertz CT molecular complexity index is 424. The molecule has 0 bridgehead atoms. The average Bonchev–Trinajstić information content (AvgIpc) is 2.73. The van der Waals surface area contributed by atoms with E-state index in [9.17, 15) is 9.59 Å². The lowest BCUT2D eigenvalue weighted by Crippen LogP contribution is -2.42. The number of carbonyl (C=O) groups is 2. The molecule has 1 unspecified atom stereocenters. The highest BCUT2D eigenvalue weighted by molar-refractivity contribution is 9.10. The Hall–Kier alpha value is -1.12. The molecule has 100 valence electrons. The number of methoxy groups -OCH3 is 1. The normalized spacial score (nSPS) is 11.9. The second-order valence-electron chi connectivity index (χ2n) is 3.36. The smallest absolute Gasteiger partial charge is 0.334 e. The predicted octanol–water partition coefficient (Wildman–Crippen LogP) is 1.41. The van der Waals surface area contributed by atoms with E-state index in [4.69, 9.17) is 5.11 Å². The van der Waals surface area contributed by atoms with Crippen molar-refractivity contribution in [3.8, 4) is 0 Å². The van der Waals surface area contributed by atoms with E-state index >= 15 is 0 Å². The van der Waals surface area contributed by atoms with Crippen LogP contribution in [-0.2, 0) is 16.1 Å². The van der Waals surface area contributed by atoms with Crippen LogP contribution in [0.4, 0.5) is 4.79 Å². The summed E-state index contributed by atoms with van der Waals surface area (Å²) in [6.45, 7) is 0.318. The van der Waals surface area contributed by atoms with Crippen LogP contribution in [0, 0.1) is 0 Å². The summed E-state index contributed by atoms with van der Waals surface area (Å²) in [6, 6.07) is 1.47. The van der Waals surface area contributed by atoms with E-state index in [1.54, 1.807) is 0 Å². The van der Waals surface area contributed by atoms with E-state index in [1.165, 1.54) is 18.4 Å². The number of carboxylic acids is 1. The maximum Gasteiger partial charge on any atom is 0.334 e. The summed E-state index contributed by atoms with van der Waals surface area (Å²) in [4.78, 5) is 23.0. The number of ether oxygens (including phenoxy) is 1. The fourth-order valence-electron chi connectivity index (χ4n) is 1.13. The van der Waals surface area contributed by atoms with E-state index in [0.29, 0.717) is 6.54 Å².